The van der Waals surface area contributed by atoms with Crippen molar-refractivity contribution in [3.8, 4) is 11.5 Å². The van der Waals surface area contributed by atoms with Crippen molar-refractivity contribution in [3.05, 3.63) is 23.3 Å². The van der Waals surface area contributed by atoms with Crippen molar-refractivity contribution >= 4 is 5.97 Å². The predicted octanol–water partition coefficient (Wildman–Crippen LogP) is 1.54. The molecule has 5 nitrogen and oxygen atoms in total. The molecular formula is C11H13F2NO4. The number of halogens is 2. The number of carboxylic acids is 1. The van der Waals surface area contributed by atoms with E-state index in [1.807, 2.05) is 0 Å². The monoisotopic (exact) mass is 261 g/mol. The molecule has 0 radical (unpaired) electrons. The standard InChI is InChI=1S/C11H13F2NO4/c1-18-11-6(13)4-5(12)9(10(11)17)7(14)2-3-8(15)16/h4,7,17H,2-3,14H2,1H3,(H,15,16). The topological polar surface area (TPSA) is 92.8 Å². The Morgan fingerprint density at radius 1 is 1.50 bits per heavy atom. The Balaban J connectivity index is 3.11. The smallest absolute Gasteiger partial charge is 0.303 e. The van der Waals surface area contributed by atoms with Crippen LogP contribution in [0.25, 0.3) is 0 Å². The first-order chi connectivity index (χ1) is 8.38. The zero-order chi connectivity index (χ0) is 13.9. The van der Waals surface area contributed by atoms with Crippen molar-refractivity contribution in [2.75, 3.05) is 7.11 Å². The summed E-state index contributed by atoms with van der Waals surface area (Å²) in [6, 6.07) is -0.523. The number of carboxylic acid groups (broad SMARTS) is 1. The number of aromatic hydroxyl groups is 1. The number of carbonyl (C=O) groups is 1. The SMILES string of the molecule is COc1c(F)cc(F)c(C(N)CCC(=O)O)c1O. The maximum atomic E-state index is 13.5. The van der Waals surface area contributed by atoms with Gasteiger partial charge < -0.3 is 20.7 Å². The van der Waals surface area contributed by atoms with Gasteiger partial charge >= 0.3 is 5.97 Å². The molecule has 1 aromatic carbocycles. The first-order valence-electron chi connectivity index (χ1n) is 5.10. The fourth-order valence-electron chi connectivity index (χ4n) is 1.57. The van der Waals surface area contributed by atoms with E-state index in [-0.39, 0.29) is 18.4 Å². The Kier molecular flexibility index (Phi) is 4.43. The number of phenols is 1. The van der Waals surface area contributed by atoms with Gasteiger partial charge in [0, 0.05) is 18.5 Å². The highest BCUT2D eigenvalue weighted by atomic mass is 19.1. The molecule has 18 heavy (non-hydrogen) atoms. The Morgan fingerprint density at radius 3 is 2.61 bits per heavy atom. The average molecular weight is 261 g/mol. The van der Waals surface area contributed by atoms with Crippen LogP contribution in [0.1, 0.15) is 24.4 Å². The molecule has 0 aliphatic heterocycles. The van der Waals surface area contributed by atoms with Crippen LogP contribution in [0.4, 0.5) is 8.78 Å². The zero-order valence-corrected chi connectivity index (χ0v) is 9.61. The quantitative estimate of drug-likeness (QED) is 0.747. The summed E-state index contributed by atoms with van der Waals surface area (Å²) < 4.78 is 31.3. The van der Waals surface area contributed by atoms with Gasteiger partial charge in [-0.25, -0.2) is 8.78 Å². The minimum Gasteiger partial charge on any atom is -0.504 e. The van der Waals surface area contributed by atoms with Gasteiger partial charge in [-0.05, 0) is 6.42 Å². The number of phenolic OH excluding ortho intramolecular Hbond substituents is 1. The van der Waals surface area contributed by atoms with E-state index in [0.717, 1.165) is 7.11 Å². The van der Waals surface area contributed by atoms with Crippen molar-refractivity contribution < 1.29 is 28.5 Å². The van der Waals surface area contributed by atoms with E-state index in [0.29, 0.717) is 6.07 Å². The molecule has 4 N–H and O–H groups in total. The number of rotatable bonds is 5. The lowest BCUT2D eigenvalue weighted by atomic mass is 10.0. The molecule has 1 aromatic rings. The zero-order valence-electron chi connectivity index (χ0n) is 9.61. The summed E-state index contributed by atoms with van der Waals surface area (Å²) in [6.45, 7) is 0. The van der Waals surface area contributed by atoms with E-state index >= 15 is 0 Å². The maximum absolute atomic E-state index is 13.5. The van der Waals surface area contributed by atoms with Gasteiger partial charge in [0.25, 0.3) is 0 Å². The molecule has 0 aliphatic rings. The Morgan fingerprint density at radius 2 is 2.11 bits per heavy atom. The molecule has 0 spiro atoms. The van der Waals surface area contributed by atoms with Gasteiger partial charge in [0.2, 0.25) is 0 Å². The van der Waals surface area contributed by atoms with Gasteiger partial charge in [0.05, 0.1) is 12.7 Å². The molecule has 0 amide bonds. The van der Waals surface area contributed by atoms with E-state index in [9.17, 15) is 18.7 Å². The molecule has 0 fully saturated rings. The molecule has 1 rings (SSSR count). The normalized spacial score (nSPS) is 12.2. The number of ether oxygens (including phenoxy) is 1. The summed E-state index contributed by atoms with van der Waals surface area (Å²) in [6.07, 6.45) is -0.381. The van der Waals surface area contributed by atoms with E-state index in [4.69, 9.17) is 10.8 Å². The molecule has 0 heterocycles. The minimum absolute atomic E-state index is 0.0887. The van der Waals surface area contributed by atoms with Gasteiger partial charge in [-0.2, -0.15) is 0 Å². The molecule has 1 atom stereocenters. The fraction of sp³-hybridized carbons (Fsp3) is 0.364. The highest BCUT2D eigenvalue weighted by Gasteiger charge is 2.23. The lowest BCUT2D eigenvalue weighted by molar-refractivity contribution is -0.137. The van der Waals surface area contributed by atoms with Crippen LogP contribution in [0.3, 0.4) is 0 Å². The van der Waals surface area contributed by atoms with E-state index in [1.54, 1.807) is 0 Å². The number of hydrogen-bond donors (Lipinski definition) is 3. The Hall–Kier alpha value is -1.89. The number of hydrogen-bond acceptors (Lipinski definition) is 4. The first kappa shape index (κ1) is 14.2. The highest BCUT2D eigenvalue weighted by Crippen LogP contribution is 2.38. The van der Waals surface area contributed by atoms with Crippen LogP contribution in [0.2, 0.25) is 0 Å². The van der Waals surface area contributed by atoms with Crippen LogP contribution in [-0.2, 0) is 4.79 Å². The second kappa shape index (κ2) is 5.63. The van der Waals surface area contributed by atoms with Gasteiger partial charge in [0.1, 0.15) is 5.82 Å². The van der Waals surface area contributed by atoms with Crippen molar-refractivity contribution in [3.63, 3.8) is 0 Å². The molecule has 0 bridgehead atoms. The average Bonchev–Trinajstić information content (AvgIpc) is 2.26. The third-order valence-corrected chi connectivity index (χ3v) is 2.44. The van der Waals surface area contributed by atoms with E-state index < -0.39 is 35.1 Å². The van der Waals surface area contributed by atoms with E-state index in [2.05, 4.69) is 4.74 Å². The summed E-state index contributed by atoms with van der Waals surface area (Å²) in [5, 5.41) is 18.1. The second-order valence-electron chi connectivity index (χ2n) is 3.67. The van der Waals surface area contributed by atoms with Crippen molar-refractivity contribution in [1.29, 1.82) is 0 Å². The maximum Gasteiger partial charge on any atom is 0.303 e. The minimum atomic E-state index is -1.10. The molecule has 0 saturated carbocycles. The summed E-state index contributed by atoms with van der Waals surface area (Å²) in [5.41, 5.74) is 5.22. The molecule has 0 aromatic heterocycles. The van der Waals surface area contributed by atoms with E-state index in [1.165, 1.54) is 0 Å². The largest absolute Gasteiger partial charge is 0.504 e. The summed E-state index contributed by atoms with van der Waals surface area (Å²) in [4.78, 5) is 10.4. The third-order valence-electron chi connectivity index (χ3n) is 2.44. The number of benzene rings is 1. The van der Waals surface area contributed by atoms with Crippen LogP contribution in [0, 0.1) is 11.6 Å². The van der Waals surface area contributed by atoms with Crippen LogP contribution < -0.4 is 10.5 Å². The summed E-state index contributed by atoms with van der Waals surface area (Å²) >= 11 is 0. The van der Waals surface area contributed by atoms with Crippen molar-refractivity contribution in [2.45, 2.75) is 18.9 Å². The predicted molar refractivity (Wildman–Crippen MR) is 58.4 cm³/mol. The van der Waals surface area contributed by atoms with Crippen LogP contribution >= 0.6 is 0 Å². The van der Waals surface area contributed by atoms with Gasteiger partial charge in [0.15, 0.2) is 17.3 Å². The van der Waals surface area contributed by atoms with Crippen LogP contribution in [-0.4, -0.2) is 23.3 Å². The third kappa shape index (κ3) is 2.86. The van der Waals surface area contributed by atoms with Gasteiger partial charge in [-0.1, -0.05) is 0 Å². The lowest BCUT2D eigenvalue weighted by Gasteiger charge is -2.16. The summed E-state index contributed by atoms with van der Waals surface area (Å²) in [7, 11) is 1.11. The molecule has 7 heteroatoms. The number of methoxy groups -OCH3 is 1. The first-order valence-corrected chi connectivity index (χ1v) is 5.10. The van der Waals surface area contributed by atoms with Crippen LogP contribution in [0.5, 0.6) is 11.5 Å². The fourth-order valence-corrected chi connectivity index (χ4v) is 1.57. The summed E-state index contributed by atoms with van der Waals surface area (Å²) in [5.74, 6) is -4.45. The number of aliphatic carboxylic acids is 1. The highest BCUT2D eigenvalue weighted by molar-refractivity contribution is 5.66. The second-order valence-corrected chi connectivity index (χ2v) is 3.67. The van der Waals surface area contributed by atoms with Crippen molar-refractivity contribution in [1.82, 2.24) is 0 Å². The molecule has 100 valence electrons. The molecular weight excluding hydrogens is 248 g/mol. The molecule has 0 saturated heterocycles. The van der Waals surface area contributed by atoms with Crippen molar-refractivity contribution in [2.24, 2.45) is 5.73 Å². The van der Waals surface area contributed by atoms with Gasteiger partial charge in [-0.3, -0.25) is 4.79 Å². The Bertz CT molecular complexity index is 465. The molecule has 1 unspecified atom stereocenters. The number of nitrogens with two attached hydrogens (primary N) is 1. The lowest BCUT2D eigenvalue weighted by Crippen LogP contribution is -2.15. The van der Waals surface area contributed by atoms with Gasteiger partial charge in [-0.15, -0.1) is 0 Å². The molecule has 0 aliphatic carbocycles. The van der Waals surface area contributed by atoms with Crippen LogP contribution in [0.15, 0.2) is 6.07 Å². The Labute approximate surface area is 102 Å².